The molecule has 0 radical (unpaired) electrons. The maximum Gasteiger partial charge on any atom is 0.276 e. The molecule has 5 nitrogen and oxygen atoms in total. The summed E-state index contributed by atoms with van der Waals surface area (Å²) in [5.74, 6) is -0.651. The molecule has 0 saturated carbocycles. The van der Waals surface area contributed by atoms with Crippen LogP contribution in [0, 0.1) is 12.7 Å². The second-order valence-corrected chi connectivity index (χ2v) is 6.91. The predicted octanol–water partition coefficient (Wildman–Crippen LogP) is 4.51. The zero-order chi connectivity index (χ0) is 19.0. The molecule has 2 aromatic carbocycles. The lowest BCUT2D eigenvalue weighted by atomic mass is 10.1. The van der Waals surface area contributed by atoms with Gasteiger partial charge in [0, 0.05) is 10.7 Å². The number of aromatic nitrogens is 2. The maximum absolute atomic E-state index is 13.4. The number of carbonyl (C=O) groups is 1. The first-order valence-corrected chi connectivity index (χ1v) is 8.89. The third-order valence-corrected chi connectivity index (χ3v) is 4.78. The molecule has 3 aromatic rings. The van der Waals surface area contributed by atoms with Crippen molar-refractivity contribution in [2.24, 2.45) is 0 Å². The standard InChI is InChI=1S/C20H17ClFN3O2/c1-12-8-15(6-7-17(12)22)23-20(26)18-9-16-11-27-19(10-25(16)24-18)13-2-4-14(21)5-3-13/h2-9,19H,10-11H2,1H3,(H,23,26). The first kappa shape index (κ1) is 17.7. The summed E-state index contributed by atoms with van der Waals surface area (Å²) in [7, 11) is 0. The number of aryl methyl sites for hydroxylation is 1. The molecule has 1 aromatic heterocycles. The van der Waals surface area contributed by atoms with E-state index in [2.05, 4.69) is 10.4 Å². The fourth-order valence-corrected chi connectivity index (χ4v) is 3.16. The Balaban J connectivity index is 1.50. The molecule has 7 heteroatoms. The molecule has 1 atom stereocenters. The molecule has 2 heterocycles. The average molecular weight is 386 g/mol. The van der Waals surface area contributed by atoms with Gasteiger partial charge in [0.2, 0.25) is 0 Å². The Hall–Kier alpha value is -2.70. The van der Waals surface area contributed by atoms with Crippen LogP contribution in [0.2, 0.25) is 5.02 Å². The summed E-state index contributed by atoms with van der Waals surface area (Å²) in [5.41, 5.74) is 3.14. The Morgan fingerprint density at radius 1 is 1.26 bits per heavy atom. The molecule has 1 amide bonds. The molecule has 138 valence electrons. The van der Waals surface area contributed by atoms with Crippen molar-refractivity contribution in [3.63, 3.8) is 0 Å². The quantitative estimate of drug-likeness (QED) is 0.721. The van der Waals surface area contributed by atoms with Crippen LogP contribution in [0.25, 0.3) is 0 Å². The smallest absolute Gasteiger partial charge is 0.276 e. The third-order valence-electron chi connectivity index (χ3n) is 4.52. The topological polar surface area (TPSA) is 56.2 Å². The van der Waals surface area contributed by atoms with Crippen LogP contribution in [0.1, 0.15) is 33.4 Å². The van der Waals surface area contributed by atoms with E-state index in [1.807, 2.05) is 24.3 Å². The minimum atomic E-state index is -0.342. The van der Waals surface area contributed by atoms with Crippen molar-refractivity contribution in [1.82, 2.24) is 9.78 Å². The zero-order valence-electron chi connectivity index (χ0n) is 14.6. The van der Waals surface area contributed by atoms with Gasteiger partial charge in [-0.15, -0.1) is 0 Å². The first-order chi connectivity index (χ1) is 13.0. The Morgan fingerprint density at radius 2 is 2.04 bits per heavy atom. The number of hydrogen-bond donors (Lipinski definition) is 1. The van der Waals surface area contributed by atoms with E-state index in [0.717, 1.165) is 11.3 Å². The highest BCUT2D eigenvalue weighted by molar-refractivity contribution is 6.30. The number of hydrogen-bond acceptors (Lipinski definition) is 3. The summed E-state index contributed by atoms with van der Waals surface area (Å²) in [6.07, 6.45) is -0.148. The van der Waals surface area contributed by atoms with Crippen molar-refractivity contribution in [2.75, 3.05) is 5.32 Å². The number of carbonyl (C=O) groups excluding carboxylic acids is 1. The molecule has 0 saturated heterocycles. The Kier molecular flexibility index (Phi) is 4.68. The van der Waals surface area contributed by atoms with Gasteiger partial charge >= 0.3 is 0 Å². The Labute approximate surface area is 160 Å². The first-order valence-electron chi connectivity index (χ1n) is 8.51. The van der Waals surface area contributed by atoms with E-state index in [9.17, 15) is 9.18 Å². The summed E-state index contributed by atoms with van der Waals surface area (Å²) >= 11 is 5.93. The number of anilines is 1. The van der Waals surface area contributed by atoms with Crippen molar-refractivity contribution in [2.45, 2.75) is 26.2 Å². The van der Waals surface area contributed by atoms with Crippen LogP contribution in [0.15, 0.2) is 48.5 Å². The molecule has 0 aliphatic carbocycles. The normalized spacial score (nSPS) is 16.0. The summed E-state index contributed by atoms with van der Waals surface area (Å²) < 4.78 is 21.0. The SMILES string of the molecule is Cc1cc(NC(=O)c2cc3n(n2)CC(c2ccc(Cl)cc2)OC3)ccc1F. The molecule has 0 fully saturated rings. The number of nitrogens with one attached hydrogen (secondary N) is 1. The molecule has 1 aliphatic heterocycles. The van der Waals surface area contributed by atoms with Crippen molar-refractivity contribution < 1.29 is 13.9 Å². The Bertz CT molecular complexity index is 1000. The average Bonchev–Trinajstić information content (AvgIpc) is 3.09. The number of halogens is 2. The Morgan fingerprint density at radius 3 is 2.78 bits per heavy atom. The van der Waals surface area contributed by atoms with Crippen LogP contribution in [-0.4, -0.2) is 15.7 Å². The van der Waals surface area contributed by atoms with Crippen LogP contribution < -0.4 is 5.32 Å². The zero-order valence-corrected chi connectivity index (χ0v) is 15.3. The summed E-state index contributed by atoms with van der Waals surface area (Å²) in [5, 5.41) is 7.82. The molecular formula is C20H17ClFN3O2. The second kappa shape index (κ2) is 7.13. The predicted molar refractivity (Wildman–Crippen MR) is 100 cm³/mol. The molecule has 0 spiro atoms. The summed E-state index contributed by atoms with van der Waals surface area (Å²) in [6, 6.07) is 13.6. The molecule has 0 bridgehead atoms. The minimum Gasteiger partial charge on any atom is -0.365 e. The van der Waals surface area contributed by atoms with E-state index in [4.69, 9.17) is 16.3 Å². The van der Waals surface area contributed by atoms with Gasteiger partial charge < -0.3 is 10.1 Å². The molecule has 1 N–H and O–H groups in total. The lowest BCUT2D eigenvalue weighted by Crippen LogP contribution is -2.22. The van der Waals surface area contributed by atoms with E-state index in [0.29, 0.717) is 35.1 Å². The number of ether oxygens (including phenoxy) is 1. The van der Waals surface area contributed by atoms with E-state index in [-0.39, 0.29) is 17.8 Å². The van der Waals surface area contributed by atoms with E-state index < -0.39 is 0 Å². The van der Waals surface area contributed by atoms with Crippen LogP contribution in [0.5, 0.6) is 0 Å². The van der Waals surface area contributed by atoms with Gasteiger partial charge in [-0.25, -0.2) is 4.39 Å². The lowest BCUT2D eigenvalue weighted by Gasteiger charge is -2.24. The van der Waals surface area contributed by atoms with Gasteiger partial charge in [-0.2, -0.15) is 5.10 Å². The van der Waals surface area contributed by atoms with Crippen molar-refractivity contribution in [3.05, 3.63) is 81.9 Å². The molecule has 27 heavy (non-hydrogen) atoms. The van der Waals surface area contributed by atoms with Gasteiger partial charge in [0.25, 0.3) is 5.91 Å². The molecule has 1 aliphatic rings. The number of benzene rings is 2. The van der Waals surface area contributed by atoms with Crippen LogP contribution in [0.3, 0.4) is 0 Å². The monoisotopic (exact) mass is 385 g/mol. The van der Waals surface area contributed by atoms with Gasteiger partial charge in [0.1, 0.15) is 11.9 Å². The van der Waals surface area contributed by atoms with E-state index in [1.165, 1.54) is 12.1 Å². The fourth-order valence-electron chi connectivity index (χ4n) is 3.03. The number of amides is 1. The molecular weight excluding hydrogens is 369 g/mol. The van der Waals surface area contributed by atoms with Crippen molar-refractivity contribution in [3.8, 4) is 0 Å². The van der Waals surface area contributed by atoms with Crippen molar-refractivity contribution in [1.29, 1.82) is 0 Å². The minimum absolute atomic E-state index is 0.148. The molecule has 4 rings (SSSR count). The van der Waals surface area contributed by atoms with Gasteiger partial charge in [-0.05, 0) is 54.4 Å². The van der Waals surface area contributed by atoms with Gasteiger partial charge in [0.15, 0.2) is 5.69 Å². The lowest BCUT2D eigenvalue weighted by molar-refractivity contribution is -0.00118. The van der Waals surface area contributed by atoms with E-state index >= 15 is 0 Å². The van der Waals surface area contributed by atoms with Crippen LogP contribution >= 0.6 is 11.6 Å². The van der Waals surface area contributed by atoms with Gasteiger partial charge in [0.05, 0.1) is 18.8 Å². The highest BCUT2D eigenvalue weighted by atomic mass is 35.5. The number of nitrogens with zero attached hydrogens (tertiary/aromatic N) is 2. The molecule has 1 unspecified atom stereocenters. The summed E-state index contributed by atoms with van der Waals surface area (Å²) in [4.78, 5) is 12.5. The maximum atomic E-state index is 13.4. The summed E-state index contributed by atoms with van der Waals surface area (Å²) in [6.45, 7) is 2.53. The van der Waals surface area contributed by atoms with Crippen LogP contribution in [0.4, 0.5) is 10.1 Å². The number of fused-ring (bicyclic) bond motifs is 1. The fraction of sp³-hybridized carbons (Fsp3) is 0.200. The van der Waals surface area contributed by atoms with Gasteiger partial charge in [-0.1, -0.05) is 23.7 Å². The third kappa shape index (κ3) is 3.72. The van der Waals surface area contributed by atoms with Gasteiger partial charge in [-0.3, -0.25) is 9.48 Å². The van der Waals surface area contributed by atoms with E-state index in [1.54, 1.807) is 23.7 Å². The van der Waals surface area contributed by atoms with Crippen molar-refractivity contribution >= 4 is 23.2 Å². The highest BCUT2D eigenvalue weighted by Gasteiger charge is 2.24. The van der Waals surface area contributed by atoms with Crippen LogP contribution in [-0.2, 0) is 17.9 Å². The second-order valence-electron chi connectivity index (χ2n) is 6.47. The largest absolute Gasteiger partial charge is 0.365 e. The number of rotatable bonds is 3. The highest BCUT2D eigenvalue weighted by Crippen LogP contribution is 2.27.